The molecular formula is C23H24ClN11. The summed E-state index contributed by atoms with van der Waals surface area (Å²) in [6, 6.07) is 7.65. The lowest BCUT2D eigenvalue weighted by Crippen LogP contribution is -2.39. The molecule has 5 rings (SSSR count). The lowest BCUT2D eigenvalue weighted by Gasteiger charge is -2.33. The molecule has 1 fully saturated rings. The molecule has 11 nitrogen and oxygen atoms in total. The summed E-state index contributed by atoms with van der Waals surface area (Å²) in [6.07, 6.45) is 7.93. The molecule has 0 unspecified atom stereocenters. The van der Waals surface area contributed by atoms with E-state index in [0.29, 0.717) is 22.5 Å². The molecule has 4 aromatic heterocycles. The standard InChI is InChI=1S/C23H24ClN11/c1-2-7-35-14-28-19-10-17(12-26-22(19)35)30-23-27-13-18(24)21(31-23)29-15-5-8-34(9-6-15)20-4-3-16(11-25)32-33-20/h3-4,10,12-15H,2,5-9H2,1H3,(H2,27,29,30,31). The van der Waals surface area contributed by atoms with Crippen molar-refractivity contribution >= 4 is 46.0 Å². The molecule has 0 radical (unpaired) electrons. The Labute approximate surface area is 207 Å². The van der Waals surface area contributed by atoms with Crippen LogP contribution in [0.2, 0.25) is 5.02 Å². The molecule has 0 atom stereocenters. The third kappa shape index (κ3) is 5.07. The average molecular weight is 490 g/mol. The molecule has 12 heteroatoms. The van der Waals surface area contributed by atoms with E-state index in [1.54, 1.807) is 18.5 Å². The van der Waals surface area contributed by atoms with Crippen LogP contribution in [0.15, 0.2) is 36.9 Å². The summed E-state index contributed by atoms with van der Waals surface area (Å²) in [7, 11) is 0. The van der Waals surface area contributed by atoms with Crippen molar-refractivity contribution in [3.63, 3.8) is 0 Å². The second-order valence-corrected chi connectivity index (χ2v) is 8.72. The van der Waals surface area contributed by atoms with Gasteiger partial charge >= 0.3 is 0 Å². The first kappa shape index (κ1) is 22.7. The highest BCUT2D eigenvalue weighted by molar-refractivity contribution is 6.32. The first-order valence-electron chi connectivity index (χ1n) is 11.5. The van der Waals surface area contributed by atoms with Crippen molar-refractivity contribution in [2.24, 2.45) is 0 Å². The molecule has 178 valence electrons. The lowest BCUT2D eigenvalue weighted by atomic mass is 10.1. The van der Waals surface area contributed by atoms with E-state index in [4.69, 9.17) is 16.9 Å². The van der Waals surface area contributed by atoms with Gasteiger partial charge in [0.15, 0.2) is 23.0 Å². The summed E-state index contributed by atoms with van der Waals surface area (Å²) < 4.78 is 2.04. The van der Waals surface area contributed by atoms with Gasteiger partial charge < -0.3 is 20.1 Å². The Morgan fingerprint density at radius 3 is 2.74 bits per heavy atom. The van der Waals surface area contributed by atoms with Crippen LogP contribution in [0.25, 0.3) is 11.2 Å². The number of nitrogens with one attached hydrogen (secondary N) is 2. The van der Waals surface area contributed by atoms with Gasteiger partial charge in [0.2, 0.25) is 5.95 Å². The number of fused-ring (bicyclic) bond motifs is 1. The van der Waals surface area contributed by atoms with Gasteiger partial charge in [0.05, 0.1) is 24.4 Å². The zero-order valence-electron chi connectivity index (χ0n) is 19.2. The first-order valence-corrected chi connectivity index (χ1v) is 11.9. The normalized spacial score (nSPS) is 14.1. The summed E-state index contributed by atoms with van der Waals surface area (Å²) in [6.45, 7) is 4.62. The quantitative estimate of drug-likeness (QED) is 0.395. The van der Waals surface area contributed by atoms with Gasteiger partial charge in [-0.25, -0.2) is 15.0 Å². The number of hydrogen-bond acceptors (Lipinski definition) is 10. The van der Waals surface area contributed by atoms with Gasteiger partial charge in [0.25, 0.3) is 0 Å². The maximum Gasteiger partial charge on any atom is 0.229 e. The highest BCUT2D eigenvalue weighted by Gasteiger charge is 2.22. The minimum absolute atomic E-state index is 0.207. The van der Waals surface area contributed by atoms with Gasteiger partial charge in [-0.05, 0) is 37.5 Å². The van der Waals surface area contributed by atoms with Crippen molar-refractivity contribution in [1.29, 1.82) is 5.26 Å². The van der Waals surface area contributed by atoms with Crippen LogP contribution in [0.5, 0.6) is 0 Å². The molecule has 1 aliphatic heterocycles. The second-order valence-electron chi connectivity index (χ2n) is 8.31. The highest BCUT2D eigenvalue weighted by Crippen LogP contribution is 2.26. The summed E-state index contributed by atoms with van der Waals surface area (Å²) in [5, 5.41) is 24.1. The van der Waals surface area contributed by atoms with Crippen molar-refractivity contribution in [3.05, 3.63) is 47.6 Å². The molecule has 0 spiro atoms. The number of halogens is 1. The number of piperidine rings is 1. The Morgan fingerprint density at radius 1 is 1.14 bits per heavy atom. The van der Waals surface area contributed by atoms with Crippen molar-refractivity contribution < 1.29 is 0 Å². The summed E-state index contributed by atoms with van der Waals surface area (Å²) in [5.41, 5.74) is 2.74. The molecular weight excluding hydrogens is 466 g/mol. The van der Waals surface area contributed by atoms with E-state index in [-0.39, 0.29) is 6.04 Å². The molecule has 5 heterocycles. The number of nitriles is 1. The van der Waals surface area contributed by atoms with Gasteiger partial charge in [-0.2, -0.15) is 10.2 Å². The third-order valence-corrected chi connectivity index (χ3v) is 6.12. The summed E-state index contributed by atoms with van der Waals surface area (Å²) >= 11 is 6.39. The van der Waals surface area contributed by atoms with E-state index in [1.807, 2.05) is 29.1 Å². The zero-order chi connectivity index (χ0) is 24.2. The fourth-order valence-electron chi connectivity index (χ4n) is 4.08. The molecule has 1 aliphatic rings. The molecule has 35 heavy (non-hydrogen) atoms. The van der Waals surface area contributed by atoms with Crippen LogP contribution in [0.1, 0.15) is 31.9 Å². The molecule has 0 amide bonds. The minimum Gasteiger partial charge on any atom is -0.366 e. The number of anilines is 4. The van der Waals surface area contributed by atoms with Gasteiger partial charge in [0, 0.05) is 25.7 Å². The Balaban J connectivity index is 1.23. The van der Waals surface area contributed by atoms with E-state index in [9.17, 15) is 0 Å². The Bertz CT molecular complexity index is 1350. The van der Waals surface area contributed by atoms with Crippen molar-refractivity contribution in [1.82, 2.24) is 34.7 Å². The number of imidazole rings is 1. The highest BCUT2D eigenvalue weighted by atomic mass is 35.5. The second kappa shape index (κ2) is 10.1. The van der Waals surface area contributed by atoms with E-state index in [2.05, 4.69) is 52.6 Å². The average Bonchev–Trinajstić information content (AvgIpc) is 3.29. The number of aromatic nitrogens is 7. The first-order chi connectivity index (χ1) is 17.1. The predicted octanol–water partition coefficient (Wildman–Crippen LogP) is 3.77. The van der Waals surface area contributed by atoms with Crippen molar-refractivity contribution in [2.45, 2.75) is 38.8 Å². The smallest absolute Gasteiger partial charge is 0.229 e. The third-order valence-electron chi connectivity index (χ3n) is 5.85. The summed E-state index contributed by atoms with van der Waals surface area (Å²) in [4.78, 5) is 20.0. The molecule has 0 aromatic carbocycles. The molecule has 0 bridgehead atoms. The van der Waals surface area contributed by atoms with Crippen molar-refractivity contribution in [2.75, 3.05) is 28.6 Å². The lowest BCUT2D eigenvalue weighted by molar-refractivity contribution is 0.521. The SMILES string of the molecule is CCCn1cnc2cc(Nc3ncc(Cl)c(NC4CCN(c5ccc(C#N)nn5)CC4)n3)cnc21. The Kier molecular flexibility index (Phi) is 6.54. The number of rotatable bonds is 7. The Morgan fingerprint density at radius 2 is 2.00 bits per heavy atom. The molecule has 0 saturated carbocycles. The summed E-state index contributed by atoms with van der Waals surface area (Å²) in [5.74, 6) is 1.79. The van der Waals surface area contributed by atoms with E-state index < -0.39 is 0 Å². The maximum atomic E-state index is 8.89. The van der Waals surface area contributed by atoms with Crippen LogP contribution in [-0.2, 0) is 6.54 Å². The Hall–Kier alpha value is -4.04. The largest absolute Gasteiger partial charge is 0.366 e. The zero-order valence-corrected chi connectivity index (χ0v) is 19.9. The molecule has 0 aliphatic carbocycles. The maximum absolute atomic E-state index is 8.89. The van der Waals surface area contributed by atoms with Crippen LogP contribution in [0, 0.1) is 11.3 Å². The van der Waals surface area contributed by atoms with Gasteiger partial charge in [0.1, 0.15) is 16.6 Å². The van der Waals surface area contributed by atoms with Crippen molar-refractivity contribution in [3.8, 4) is 6.07 Å². The minimum atomic E-state index is 0.207. The fraction of sp³-hybridized carbons (Fsp3) is 0.348. The van der Waals surface area contributed by atoms with Crippen LogP contribution in [0.3, 0.4) is 0 Å². The molecule has 1 saturated heterocycles. The number of nitrogens with zero attached hydrogens (tertiary/aromatic N) is 9. The number of hydrogen-bond donors (Lipinski definition) is 2. The molecule has 2 N–H and O–H groups in total. The van der Waals surface area contributed by atoms with Crippen LogP contribution >= 0.6 is 11.6 Å². The van der Waals surface area contributed by atoms with Gasteiger partial charge in [-0.15, -0.1) is 10.2 Å². The number of aryl methyl sites for hydroxylation is 1. The number of pyridine rings is 1. The molecule has 4 aromatic rings. The topological polar surface area (TPSA) is 133 Å². The van der Waals surface area contributed by atoms with E-state index in [1.165, 1.54) is 0 Å². The van der Waals surface area contributed by atoms with Gasteiger partial charge in [-0.3, -0.25) is 0 Å². The van der Waals surface area contributed by atoms with E-state index in [0.717, 1.165) is 61.6 Å². The fourth-order valence-corrected chi connectivity index (χ4v) is 4.22. The predicted molar refractivity (Wildman–Crippen MR) is 134 cm³/mol. The van der Waals surface area contributed by atoms with Crippen LogP contribution < -0.4 is 15.5 Å². The van der Waals surface area contributed by atoms with Gasteiger partial charge in [-0.1, -0.05) is 18.5 Å². The monoisotopic (exact) mass is 489 g/mol. The van der Waals surface area contributed by atoms with E-state index >= 15 is 0 Å². The van der Waals surface area contributed by atoms with Crippen LogP contribution in [-0.4, -0.2) is 53.8 Å². The van der Waals surface area contributed by atoms with Crippen LogP contribution in [0.4, 0.5) is 23.3 Å².